The van der Waals surface area contributed by atoms with E-state index in [0.29, 0.717) is 18.9 Å². The van der Waals surface area contributed by atoms with E-state index in [1.54, 1.807) is 0 Å². The van der Waals surface area contributed by atoms with Gasteiger partial charge in [-0.2, -0.15) is 13.2 Å². The van der Waals surface area contributed by atoms with Gasteiger partial charge in [-0.3, -0.25) is 0 Å². The SMILES string of the molecule is CC(C)[C@@H]1CC[C@H](c2cc(F)c(Cl)cc2C(F)(F)F)O1. The van der Waals surface area contributed by atoms with Gasteiger partial charge < -0.3 is 4.74 Å². The van der Waals surface area contributed by atoms with Gasteiger partial charge in [0, 0.05) is 0 Å². The smallest absolute Gasteiger partial charge is 0.370 e. The topological polar surface area (TPSA) is 9.23 Å². The molecule has 1 fully saturated rings. The third kappa shape index (κ3) is 3.09. The number of hydrogen-bond acceptors (Lipinski definition) is 1. The molecule has 0 bridgehead atoms. The van der Waals surface area contributed by atoms with Crippen molar-refractivity contribution >= 4 is 11.6 Å². The molecule has 6 heteroatoms. The number of hydrogen-bond donors (Lipinski definition) is 0. The fourth-order valence-electron chi connectivity index (χ4n) is 2.46. The minimum absolute atomic E-state index is 0.0974. The van der Waals surface area contributed by atoms with E-state index in [-0.39, 0.29) is 17.6 Å². The minimum atomic E-state index is -4.58. The average molecular weight is 311 g/mol. The van der Waals surface area contributed by atoms with Gasteiger partial charge in [0.1, 0.15) is 5.82 Å². The summed E-state index contributed by atoms with van der Waals surface area (Å²) in [5.74, 6) is -0.641. The molecule has 1 aliphatic rings. The molecule has 1 nitrogen and oxygen atoms in total. The summed E-state index contributed by atoms with van der Waals surface area (Å²) in [6.07, 6.45) is -4.28. The van der Waals surface area contributed by atoms with Gasteiger partial charge >= 0.3 is 6.18 Å². The lowest BCUT2D eigenvalue weighted by molar-refractivity contribution is -0.139. The largest absolute Gasteiger partial charge is 0.416 e. The highest BCUT2D eigenvalue weighted by Gasteiger charge is 2.39. The van der Waals surface area contributed by atoms with Gasteiger partial charge in [-0.15, -0.1) is 0 Å². The maximum atomic E-state index is 13.5. The molecule has 0 aliphatic carbocycles. The van der Waals surface area contributed by atoms with Crippen LogP contribution in [0.4, 0.5) is 17.6 Å². The Morgan fingerprint density at radius 2 is 1.90 bits per heavy atom. The molecule has 1 aliphatic heterocycles. The molecular formula is C14H15ClF4O. The van der Waals surface area contributed by atoms with Crippen molar-refractivity contribution < 1.29 is 22.3 Å². The maximum absolute atomic E-state index is 13.5. The molecule has 1 aromatic rings. The fraction of sp³-hybridized carbons (Fsp3) is 0.571. The Morgan fingerprint density at radius 1 is 1.25 bits per heavy atom. The zero-order chi connectivity index (χ0) is 15.1. The summed E-state index contributed by atoms with van der Waals surface area (Å²) in [4.78, 5) is 0. The number of rotatable bonds is 2. The number of ether oxygens (including phenoxy) is 1. The van der Waals surface area contributed by atoms with Crippen LogP contribution in [0.15, 0.2) is 12.1 Å². The first kappa shape index (κ1) is 15.6. The lowest BCUT2D eigenvalue weighted by atomic mass is 9.98. The molecule has 112 valence electrons. The first-order valence-electron chi connectivity index (χ1n) is 6.41. The van der Waals surface area contributed by atoms with Crippen molar-refractivity contribution in [3.05, 3.63) is 34.1 Å². The predicted molar refractivity (Wildman–Crippen MR) is 68.1 cm³/mol. The van der Waals surface area contributed by atoms with Crippen LogP contribution in [0, 0.1) is 11.7 Å². The maximum Gasteiger partial charge on any atom is 0.416 e. The van der Waals surface area contributed by atoms with Crippen molar-refractivity contribution in [2.75, 3.05) is 0 Å². The van der Waals surface area contributed by atoms with Gasteiger partial charge in [0.2, 0.25) is 0 Å². The van der Waals surface area contributed by atoms with Crippen LogP contribution in [0.5, 0.6) is 0 Å². The van der Waals surface area contributed by atoms with Crippen molar-refractivity contribution in [3.63, 3.8) is 0 Å². The first-order valence-corrected chi connectivity index (χ1v) is 6.79. The molecule has 0 unspecified atom stereocenters. The second-order valence-corrected chi connectivity index (χ2v) is 5.74. The summed E-state index contributed by atoms with van der Waals surface area (Å²) in [7, 11) is 0. The van der Waals surface area contributed by atoms with Crippen LogP contribution >= 0.6 is 11.6 Å². The summed E-state index contributed by atoms with van der Waals surface area (Å²) in [6, 6.07) is 1.48. The number of alkyl halides is 3. The summed E-state index contributed by atoms with van der Waals surface area (Å²) in [5, 5.41) is -0.528. The second-order valence-electron chi connectivity index (χ2n) is 5.34. The zero-order valence-corrected chi connectivity index (χ0v) is 11.9. The van der Waals surface area contributed by atoms with Crippen LogP contribution < -0.4 is 0 Å². The standard InChI is InChI=1S/C14H15ClF4O/c1-7(2)12-3-4-13(20-12)8-5-11(16)10(15)6-9(8)14(17,18)19/h5-7,12-13H,3-4H2,1-2H3/t12-,13+/m0/s1. The zero-order valence-electron chi connectivity index (χ0n) is 11.1. The molecule has 1 saturated heterocycles. The van der Waals surface area contributed by atoms with Gasteiger partial charge in [-0.1, -0.05) is 25.4 Å². The van der Waals surface area contributed by atoms with Crippen molar-refractivity contribution in [2.45, 2.75) is 45.1 Å². The molecule has 1 heterocycles. The van der Waals surface area contributed by atoms with Crippen molar-refractivity contribution in [2.24, 2.45) is 5.92 Å². The van der Waals surface area contributed by atoms with Crippen LogP contribution in [0.1, 0.15) is 43.9 Å². The number of halogens is 5. The van der Waals surface area contributed by atoms with E-state index in [2.05, 4.69) is 0 Å². The normalized spacial score (nSPS) is 23.6. The lowest BCUT2D eigenvalue weighted by Gasteiger charge is -2.20. The van der Waals surface area contributed by atoms with Crippen LogP contribution in [-0.4, -0.2) is 6.10 Å². The molecule has 0 amide bonds. The average Bonchev–Trinajstić information content (AvgIpc) is 2.80. The Labute approximate surface area is 119 Å². The van der Waals surface area contributed by atoms with Gasteiger partial charge in [-0.05, 0) is 36.5 Å². The molecule has 2 atom stereocenters. The second kappa shape index (κ2) is 5.53. The van der Waals surface area contributed by atoms with Crippen LogP contribution in [0.2, 0.25) is 5.02 Å². The van der Waals surface area contributed by atoms with Crippen LogP contribution in [0.25, 0.3) is 0 Å². The molecule has 20 heavy (non-hydrogen) atoms. The molecule has 0 saturated carbocycles. The third-order valence-corrected chi connectivity index (χ3v) is 3.83. The number of benzene rings is 1. The Hall–Kier alpha value is -0.810. The van der Waals surface area contributed by atoms with E-state index < -0.39 is 28.7 Å². The van der Waals surface area contributed by atoms with Gasteiger partial charge in [0.15, 0.2) is 0 Å². The molecule has 0 radical (unpaired) electrons. The molecule has 0 aromatic heterocycles. The van der Waals surface area contributed by atoms with Crippen molar-refractivity contribution in [1.29, 1.82) is 0 Å². The van der Waals surface area contributed by atoms with E-state index in [1.165, 1.54) is 0 Å². The highest BCUT2D eigenvalue weighted by molar-refractivity contribution is 6.30. The molecule has 0 spiro atoms. The van der Waals surface area contributed by atoms with Crippen LogP contribution in [-0.2, 0) is 10.9 Å². The minimum Gasteiger partial charge on any atom is -0.370 e. The first-order chi connectivity index (χ1) is 9.20. The summed E-state index contributed by atoms with van der Waals surface area (Å²) >= 11 is 5.46. The Morgan fingerprint density at radius 3 is 2.40 bits per heavy atom. The fourth-order valence-corrected chi connectivity index (χ4v) is 2.62. The van der Waals surface area contributed by atoms with E-state index in [0.717, 1.165) is 6.07 Å². The van der Waals surface area contributed by atoms with Crippen molar-refractivity contribution in [1.82, 2.24) is 0 Å². The van der Waals surface area contributed by atoms with Crippen molar-refractivity contribution in [3.8, 4) is 0 Å². The summed E-state index contributed by atoms with van der Waals surface area (Å²) in [6.45, 7) is 3.89. The summed E-state index contributed by atoms with van der Waals surface area (Å²) < 4.78 is 58.2. The van der Waals surface area contributed by atoms with Crippen LogP contribution in [0.3, 0.4) is 0 Å². The van der Waals surface area contributed by atoms with Gasteiger partial charge in [0.25, 0.3) is 0 Å². The Balaban J connectivity index is 2.39. The predicted octanol–water partition coefficient (Wildman–Crippen LogP) is 5.37. The summed E-state index contributed by atoms with van der Waals surface area (Å²) in [5.41, 5.74) is -1.08. The van der Waals surface area contributed by atoms with E-state index in [4.69, 9.17) is 16.3 Å². The third-order valence-electron chi connectivity index (χ3n) is 3.54. The molecular weight excluding hydrogens is 296 g/mol. The molecule has 1 aromatic carbocycles. The van der Waals surface area contributed by atoms with E-state index >= 15 is 0 Å². The molecule has 0 N–H and O–H groups in total. The van der Waals surface area contributed by atoms with Gasteiger partial charge in [-0.25, -0.2) is 4.39 Å². The Bertz CT molecular complexity index is 499. The van der Waals surface area contributed by atoms with E-state index in [9.17, 15) is 17.6 Å². The highest BCUT2D eigenvalue weighted by Crippen LogP contribution is 2.43. The monoisotopic (exact) mass is 310 g/mol. The highest BCUT2D eigenvalue weighted by atomic mass is 35.5. The Kier molecular flexibility index (Phi) is 4.30. The van der Waals surface area contributed by atoms with E-state index in [1.807, 2.05) is 13.8 Å². The van der Waals surface area contributed by atoms with Gasteiger partial charge in [0.05, 0.1) is 22.8 Å². The lowest BCUT2D eigenvalue weighted by Crippen LogP contribution is -2.16. The molecule has 2 rings (SSSR count). The quantitative estimate of drug-likeness (QED) is 0.667.